The molecule has 0 radical (unpaired) electrons. The van der Waals surface area contributed by atoms with Crippen molar-refractivity contribution in [3.8, 4) is 11.6 Å². The Hall–Kier alpha value is -3.70. The number of halogens is 6. The van der Waals surface area contributed by atoms with Crippen LogP contribution in [-0.4, -0.2) is 20.3 Å². The standard InChI is InChI=1S/C19H10F6N4O2/c20-18(21,22)11-3-1-10(2-4-11)9-14-17(27-16-15(26-14)28-31-29-16)30-13-7-5-12(6-8-13)19(23,24)25/h1-8H,9H2. The first-order chi connectivity index (χ1) is 14.6. The number of benzene rings is 2. The van der Waals surface area contributed by atoms with Gasteiger partial charge in [-0.2, -0.15) is 31.3 Å². The Labute approximate surface area is 169 Å². The van der Waals surface area contributed by atoms with Gasteiger partial charge in [0.15, 0.2) is 0 Å². The summed E-state index contributed by atoms with van der Waals surface area (Å²) < 4.78 is 86.6. The second-order valence-corrected chi connectivity index (χ2v) is 6.38. The van der Waals surface area contributed by atoms with E-state index < -0.39 is 23.5 Å². The molecule has 0 aliphatic rings. The van der Waals surface area contributed by atoms with Crippen LogP contribution in [-0.2, 0) is 18.8 Å². The minimum Gasteiger partial charge on any atom is -0.437 e. The molecule has 0 unspecified atom stereocenters. The summed E-state index contributed by atoms with van der Waals surface area (Å²) in [6.45, 7) is 0. The number of ether oxygens (including phenoxy) is 1. The molecule has 31 heavy (non-hydrogen) atoms. The summed E-state index contributed by atoms with van der Waals surface area (Å²) in [7, 11) is 0. The lowest BCUT2D eigenvalue weighted by atomic mass is 10.1. The minimum atomic E-state index is -4.50. The van der Waals surface area contributed by atoms with Crippen molar-refractivity contribution in [2.24, 2.45) is 0 Å². The van der Waals surface area contributed by atoms with Crippen LogP contribution in [0.1, 0.15) is 22.4 Å². The Morgan fingerprint density at radius 3 is 1.77 bits per heavy atom. The minimum absolute atomic E-state index is 0.00178. The number of aromatic nitrogens is 4. The lowest BCUT2D eigenvalue weighted by Crippen LogP contribution is -2.05. The van der Waals surface area contributed by atoms with Crippen molar-refractivity contribution in [3.05, 3.63) is 70.9 Å². The molecule has 0 aliphatic heterocycles. The van der Waals surface area contributed by atoms with Gasteiger partial charge < -0.3 is 4.74 Å². The third kappa shape index (κ3) is 4.57. The van der Waals surface area contributed by atoms with Gasteiger partial charge in [-0.3, -0.25) is 0 Å². The Kier molecular flexibility index (Phi) is 4.99. The molecule has 4 rings (SSSR count). The largest absolute Gasteiger partial charge is 0.437 e. The fourth-order valence-corrected chi connectivity index (χ4v) is 2.68. The SMILES string of the molecule is FC(F)(F)c1ccc(Cc2nc3nonc3nc2Oc2ccc(C(F)(F)F)cc2)cc1. The van der Waals surface area contributed by atoms with Gasteiger partial charge in [-0.05, 0) is 52.3 Å². The number of fused-ring (bicyclic) bond motifs is 1. The van der Waals surface area contributed by atoms with Gasteiger partial charge in [-0.25, -0.2) is 9.61 Å². The molecular weight excluding hydrogens is 430 g/mol. The van der Waals surface area contributed by atoms with Crippen molar-refractivity contribution in [3.63, 3.8) is 0 Å². The lowest BCUT2D eigenvalue weighted by Gasteiger charge is -2.11. The molecule has 0 N–H and O–H groups in total. The van der Waals surface area contributed by atoms with E-state index in [4.69, 9.17) is 4.74 Å². The zero-order valence-corrected chi connectivity index (χ0v) is 15.2. The molecule has 160 valence electrons. The number of hydrogen-bond donors (Lipinski definition) is 0. The smallest absolute Gasteiger partial charge is 0.416 e. The summed E-state index contributed by atoms with van der Waals surface area (Å²) in [6, 6.07) is 8.30. The maximum atomic E-state index is 12.8. The molecule has 0 amide bonds. The van der Waals surface area contributed by atoms with Gasteiger partial charge in [0.05, 0.1) is 11.1 Å². The van der Waals surface area contributed by atoms with Crippen molar-refractivity contribution in [2.45, 2.75) is 18.8 Å². The first kappa shape index (κ1) is 20.6. The second-order valence-electron chi connectivity index (χ2n) is 6.38. The van der Waals surface area contributed by atoms with E-state index in [1.807, 2.05) is 0 Å². The van der Waals surface area contributed by atoms with Crippen LogP contribution in [0.2, 0.25) is 0 Å². The third-order valence-electron chi connectivity index (χ3n) is 4.20. The van der Waals surface area contributed by atoms with Crippen LogP contribution in [0.4, 0.5) is 26.3 Å². The number of rotatable bonds is 4. The van der Waals surface area contributed by atoms with Gasteiger partial charge in [0.1, 0.15) is 11.4 Å². The Morgan fingerprint density at radius 1 is 0.710 bits per heavy atom. The number of hydrogen-bond acceptors (Lipinski definition) is 6. The molecule has 6 nitrogen and oxygen atoms in total. The topological polar surface area (TPSA) is 73.9 Å². The highest BCUT2D eigenvalue weighted by Crippen LogP contribution is 2.33. The van der Waals surface area contributed by atoms with Gasteiger partial charge in [0.2, 0.25) is 17.2 Å². The maximum absolute atomic E-state index is 12.8. The predicted molar refractivity (Wildman–Crippen MR) is 93.2 cm³/mol. The third-order valence-corrected chi connectivity index (χ3v) is 4.20. The molecule has 0 saturated carbocycles. The lowest BCUT2D eigenvalue weighted by molar-refractivity contribution is -0.138. The second kappa shape index (κ2) is 7.52. The van der Waals surface area contributed by atoms with Crippen LogP contribution in [0.3, 0.4) is 0 Å². The molecular formula is C19H10F6N4O2. The Morgan fingerprint density at radius 2 is 1.23 bits per heavy atom. The number of nitrogens with zero attached hydrogens (tertiary/aromatic N) is 4. The molecule has 0 bridgehead atoms. The van der Waals surface area contributed by atoms with Gasteiger partial charge >= 0.3 is 12.4 Å². The summed E-state index contributed by atoms with van der Waals surface area (Å²) in [6.07, 6.45) is -8.96. The summed E-state index contributed by atoms with van der Waals surface area (Å²) >= 11 is 0. The highest BCUT2D eigenvalue weighted by molar-refractivity contribution is 5.64. The van der Waals surface area contributed by atoms with Crippen molar-refractivity contribution in [1.29, 1.82) is 0 Å². The maximum Gasteiger partial charge on any atom is 0.416 e. The highest BCUT2D eigenvalue weighted by Gasteiger charge is 2.31. The van der Waals surface area contributed by atoms with E-state index in [0.717, 1.165) is 36.4 Å². The van der Waals surface area contributed by atoms with E-state index in [9.17, 15) is 26.3 Å². The predicted octanol–water partition coefficient (Wildman–Crippen LogP) is 5.43. The molecule has 0 atom stereocenters. The Balaban J connectivity index is 1.64. The van der Waals surface area contributed by atoms with Crippen LogP contribution in [0, 0.1) is 0 Å². The summed E-state index contributed by atoms with van der Waals surface area (Å²) in [4.78, 5) is 8.30. The fraction of sp³-hybridized carbons (Fsp3) is 0.158. The molecule has 0 spiro atoms. The number of alkyl halides is 6. The van der Waals surface area contributed by atoms with Crippen LogP contribution < -0.4 is 4.74 Å². The zero-order chi connectivity index (χ0) is 22.2. The molecule has 0 fully saturated rings. The molecule has 2 aromatic carbocycles. The van der Waals surface area contributed by atoms with E-state index >= 15 is 0 Å². The zero-order valence-electron chi connectivity index (χ0n) is 15.2. The molecule has 2 heterocycles. The molecule has 12 heteroatoms. The van der Waals surface area contributed by atoms with E-state index in [2.05, 4.69) is 24.9 Å². The normalized spacial score (nSPS) is 12.3. The van der Waals surface area contributed by atoms with Crippen LogP contribution in [0.15, 0.2) is 53.2 Å². The van der Waals surface area contributed by atoms with E-state index in [1.54, 1.807) is 0 Å². The summed E-state index contributed by atoms with van der Waals surface area (Å²) in [5.41, 5.74) is -0.968. The van der Waals surface area contributed by atoms with Crippen LogP contribution in [0.5, 0.6) is 11.6 Å². The van der Waals surface area contributed by atoms with Crippen LogP contribution >= 0.6 is 0 Å². The average Bonchev–Trinajstić information content (AvgIpc) is 3.15. The van der Waals surface area contributed by atoms with Crippen molar-refractivity contribution in [2.75, 3.05) is 0 Å². The molecule has 4 aromatic rings. The fourth-order valence-electron chi connectivity index (χ4n) is 2.68. The van der Waals surface area contributed by atoms with Crippen molar-refractivity contribution < 1.29 is 35.7 Å². The quantitative estimate of drug-likeness (QED) is 0.394. The van der Waals surface area contributed by atoms with E-state index in [-0.39, 0.29) is 35.0 Å². The summed E-state index contributed by atoms with van der Waals surface area (Å²) in [5, 5.41) is 7.11. The monoisotopic (exact) mass is 440 g/mol. The van der Waals surface area contributed by atoms with Crippen LogP contribution in [0.25, 0.3) is 11.3 Å². The van der Waals surface area contributed by atoms with Crippen molar-refractivity contribution >= 4 is 11.3 Å². The van der Waals surface area contributed by atoms with E-state index in [0.29, 0.717) is 5.56 Å². The van der Waals surface area contributed by atoms with Gasteiger partial charge in [0.25, 0.3) is 0 Å². The van der Waals surface area contributed by atoms with Gasteiger partial charge in [-0.1, -0.05) is 12.1 Å². The molecule has 0 saturated heterocycles. The van der Waals surface area contributed by atoms with E-state index in [1.165, 1.54) is 12.1 Å². The Bertz CT molecular complexity index is 1110. The van der Waals surface area contributed by atoms with Gasteiger partial charge in [0, 0.05) is 6.42 Å². The first-order valence-corrected chi connectivity index (χ1v) is 8.60. The first-order valence-electron chi connectivity index (χ1n) is 8.60. The molecule has 0 aliphatic carbocycles. The van der Waals surface area contributed by atoms with Crippen molar-refractivity contribution in [1.82, 2.24) is 20.3 Å². The average molecular weight is 440 g/mol. The molecule has 2 aromatic heterocycles. The highest BCUT2D eigenvalue weighted by atomic mass is 19.4. The van der Waals surface area contributed by atoms with Gasteiger partial charge in [-0.15, -0.1) is 0 Å². The summed E-state index contributed by atoms with van der Waals surface area (Å²) in [5.74, 6) is -0.0466.